The summed E-state index contributed by atoms with van der Waals surface area (Å²) in [5.41, 5.74) is 0. The zero-order valence-electron chi connectivity index (χ0n) is 7.74. The van der Waals surface area contributed by atoms with Crippen molar-refractivity contribution in [3.63, 3.8) is 0 Å². The first-order valence-electron chi connectivity index (χ1n) is 4.42. The Morgan fingerprint density at radius 3 is 1.67 bits per heavy atom. The highest BCUT2D eigenvalue weighted by atomic mass is 16.3. The quantitative estimate of drug-likeness (QED) is 0.351. The summed E-state index contributed by atoms with van der Waals surface area (Å²) in [6, 6.07) is 0. The summed E-state index contributed by atoms with van der Waals surface area (Å²) in [7, 11) is 0. The number of rotatable bonds is 7. The van der Waals surface area contributed by atoms with Crippen LogP contribution in [-0.4, -0.2) is 59.4 Å². The van der Waals surface area contributed by atoms with Crippen LogP contribution in [-0.2, 0) is 0 Å². The van der Waals surface area contributed by atoms with Gasteiger partial charge in [-0.3, -0.25) is 4.48 Å². The van der Waals surface area contributed by atoms with E-state index < -0.39 is 0 Å². The molecule has 0 atom stereocenters. The van der Waals surface area contributed by atoms with Gasteiger partial charge in [-0.15, -0.1) is 0 Å². The topological polar surface area (TPSA) is 60.7 Å². The lowest BCUT2D eigenvalue weighted by molar-refractivity contribution is -0.945. The molecule has 0 saturated carbocycles. The van der Waals surface area contributed by atoms with Crippen LogP contribution in [0.4, 0.5) is 0 Å². The van der Waals surface area contributed by atoms with Gasteiger partial charge in [0.05, 0.1) is 19.8 Å². The van der Waals surface area contributed by atoms with Gasteiger partial charge >= 0.3 is 0 Å². The van der Waals surface area contributed by atoms with Gasteiger partial charge in [-0.05, 0) is 6.42 Å². The molecular weight excluding hydrogens is 158 g/mol. The molecule has 0 aliphatic heterocycles. The molecule has 0 aliphatic carbocycles. The maximum Gasteiger partial charge on any atom is 0.180 e. The van der Waals surface area contributed by atoms with Crippen LogP contribution in [0.3, 0.4) is 0 Å². The molecule has 0 aromatic rings. The number of quaternary nitrogens is 1. The lowest BCUT2D eigenvalue weighted by atomic mass is 10.3. The smallest absolute Gasteiger partial charge is 0.180 e. The van der Waals surface area contributed by atoms with E-state index in [-0.39, 0.29) is 19.9 Å². The van der Waals surface area contributed by atoms with Crippen molar-refractivity contribution in [3.05, 3.63) is 0 Å². The maximum atomic E-state index is 9.12. The van der Waals surface area contributed by atoms with Gasteiger partial charge in [0.1, 0.15) is 13.1 Å². The Morgan fingerprint density at radius 1 is 0.917 bits per heavy atom. The molecule has 0 aliphatic rings. The van der Waals surface area contributed by atoms with Crippen LogP contribution in [0.25, 0.3) is 0 Å². The van der Waals surface area contributed by atoms with Crippen molar-refractivity contribution in [1.29, 1.82) is 0 Å². The second kappa shape index (κ2) is 6.37. The molecule has 0 aromatic heterocycles. The van der Waals surface area contributed by atoms with Crippen molar-refractivity contribution in [2.75, 3.05) is 39.6 Å². The Bertz CT molecular complexity index is 91.5. The van der Waals surface area contributed by atoms with Gasteiger partial charge in [-0.25, -0.2) is 0 Å². The minimum Gasteiger partial charge on any atom is -0.391 e. The third-order valence-corrected chi connectivity index (χ3v) is 2.15. The van der Waals surface area contributed by atoms with E-state index in [1.165, 1.54) is 0 Å². The van der Waals surface area contributed by atoms with Crippen LogP contribution in [0.5, 0.6) is 0 Å². The molecule has 3 N–H and O–H groups in total. The van der Waals surface area contributed by atoms with E-state index in [1.807, 2.05) is 6.92 Å². The number of aliphatic hydroxyl groups excluding tert-OH is 3. The van der Waals surface area contributed by atoms with Gasteiger partial charge in [-0.1, -0.05) is 6.92 Å². The van der Waals surface area contributed by atoms with Crippen LogP contribution in [0.15, 0.2) is 0 Å². The Kier molecular flexibility index (Phi) is 6.28. The first kappa shape index (κ1) is 11.8. The number of aliphatic hydroxyl groups is 3. The van der Waals surface area contributed by atoms with Crippen LogP contribution in [0.2, 0.25) is 0 Å². The Hall–Kier alpha value is -0.160. The average molecular weight is 178 g/mol. The third kappa shape index (κ3) is 3.49. The van der Waals surface area contributed by atoms with E-state index in [1.54, 1.807) is 0 Å². The monoisotopic (exact) mass is 178 g/mol. The minimum atomic E-state index is -0.00500. The zero-order valence-corrected chi connectivity index (χ0v) is 7.74. The van der Waals surface area contributed by atoms with Crippen molar-refractivity contribution >= 4 is 0 Å². The molecule has 0 amide bonds. The molecule has 0 radical (unpaired) electrons. The molecule has 0 unspecified atom stereocenters. The Morgan fingerprint density at radius 2 is 1.42 bits per heavy atom. The van der Waals surface area contributed by atoms with Gasteiger partial charge in [0, 0.05) is 0 Å². The van der Waals surface area contributed by atoms with Gasteiger partial charge < -0.3 is 15.3 Å². The standard InChI is InChI=1S/C8H20NO3/c1-2-3-9(8-12,4-6-10)5-7-11/h10-12H,2-8H2,1H3/q+1. The molecule has 0 spiro atoms. The van der Waals surface area contributed by atoms with E-state index >= 15 is 0 Å². The largest absolute Gasteiger partial charge is 0.391 e. The Balaban J connectivity index is 4.06. The predicted molar refractivity (Wildman–Crippen MR) is 46.4 cm³/mol. The molecule has 0 aromatic carbocycles. The average Bonchev–Trinajstić information content (AvgIpc) is 2.06. The minimum absolute atomic E-state index is 0.00500. The summed E-state index contributed by atoms with van der Waals surface area (Å²) >= 11 is 0. The molecule has 0 heterocycles. The summed E-state index contributed by atoms with van der Waals surface area (Å²) in [4.78, 5) is 0. The van der Waals surface area contributed by atoms with Crippen LogP contribution in [0.1, 0.15) is 13.3 Å². The normalized spacial score (nSPS) is 12.0. The fourth-order valence-electron chi connectivity index (χ4n) is 1.45. The SMILES string of the molecule is CCC[N+](CO)(CCO)CCO. The molecule has 0 fully saturated rings. The lowest BCUT2D eigenvalue weighted by Gasteiger charge is -2.35. The predicted octanol–water partition coefficient (Wildman–Crippen LogP) is -0.852. The Labute approximate surface area is 73.6 Å². The molecular formula is C8H20NO3+. The molecule has 0 rings (SSSR count). The number of hydrogen-bond acceptors (Lipinski definition) is 3. The summed E-state index contributed by atoms with van der Waals surface area (Å²) in [6.45, 7) is 3.97. The molecule has 12 heavy (non-hydrogen) atoms. The van der Waals surface area contributed by atoms with E-state index in [0.717, 1.165) is 13.0 Å². The molecule has 4 heteroatoms. The second-order valence-electron chi connectivity index (χ2n) is 3.10. The molecule has 0 saturated heterocycles. The number of hydrogen-bond donors (Lipinski definition) is 3. The molecule has 4 nitrogen and oxygen atoms in total. The highest BCUT2D eigenvalue weighted by Crippen LogP contribution is 2.05. The van der Waals surface area contributed by atoms with Crippen molar-refractivity contribution in [1.82, 2.24) is 0 Å². The highest BCUT2D eigenvalue weighted by molar-refractivity contribution is 4.39. The summed E-state index contributed by atoms with van der Waals surface area (Å²) in [5, 5.41) is 26.7. The van der Waals surface area contributed by atoms with E-state index in [4.69, 9.17) is 15.3 Å². The molecule has 74 valence electrons. The second-order valence-corrected chi connectivity index (χ2v) is 3.10. The third-order valence-electron chi connectivity index (χ3n) is 2.15. The lowest BCUT2D eigenvalue weighted by Crippen LogP contribution is -2.52. The zero-order chi connectivity index (χ0) is 9.45. The van der Waals surface area contributed by atoms with Crippen LogP contribution in [0, 0.1) is 0 Å². The van der Waals surface area contributed by atoms with Gasteiger partial charge in [-0.2, -0.15) is 0 Å². The summed E-state index contributed by atoms with van der Waals surface area (Å²) < 4.78 is 0.406. The van der Waals surface area contributed by atoms with Gasteiger partial charge in [0.2, 0.25) is 0 Å². The van der Waals surface area contributed by atoms with Gasteiger partial charge in [0.15, 0.2) is 6.73 Å². The van der Waals surface area contributed by atoms with Crippen molar-refractivity contribution in [2.45, 2.75) is 13.3 Å². The maximum absolute atomic E-state index is 9.12. The number of nitrogens with zero attached hydrogens (tertiary/aromatic N) is 1. The fourth-order valence-corrected chi connectivity index (χ4v) is 1.45. The van der Waals surface area contributed by atoms with E-state index in [0.29, 0.717) is 17.6 Å². The van der Waals surface area contributed by atoms with Crippen molar-refractivity contribution < 1.29 is 19.8 Å². The summed E-state index contributed by atoms with van der Waals surface area (Å²) in [6.07, 6.45) is 0.945. The first-order chi connectivity index (χ1) is 5.74. The van der Waals surface area contributed by atoms with Crippen LogP contribution < -0.4 is 0 Å². The van der Waals surface area contributed by atoms with Crippen molar-refractivity contribution in [2.24, 2.45) is 0 Å². The first-order valence-corrected chi connectivity index (χ1v) is 4.42. The summed E-state index contributed by atoms with van der Waals surface area (Å²) in [5.74, 6) is 0. The van der Waals surface area contributed by atoms with Crippen molar-refractivity contribution in [3.8, 4) is 0 Å². The fraction of sp³-hybridized carbons (Fsp3) is 1.00. The highest BCUT2D eigenvalue weighted by Gasteiger charge is 2.23. The van der Waals surface area contributed by atoms with E-state index in [2.05, 4.69) is 0 Å². The van der Waals surface area contributed by atoms with Gasteiger partial charge in [0.25, 0.3) is 0 Å². The molecule has 0 bridgehead atoms. The van der Waals surface area contributed by atoms with E-state index in [9.17, 15) is 0 Å². The van der Waals surface area contributed by atoms with Crippen LogP contribution >= 0.6 is 0 Å².